The van der Waals surface area contributed by atoms with Crippen LogP contribution < -0.4 is 0 Å². The molecule has 8 atom stereocenters. The molecule has 4 rings (SSSR count). The normalized spacial score (nSPS) is 34.5. The number of aliphatic hydroxyl groups excluding tert-OH is 1. The number of aliphatic hydroxyl groups is 1. The molecule has 0 radical (unpaired) electrons. The van der Waals surface area contributed by atoms with Gasteiger partial charge in [-0.2, -0.15) is 0 Å². The molecule has 10 heteroatoms. The van der Waals surface area contributed by atoms with Crippen LogP contribution in [0.5, 0.6) is 0 Å². The highest BCUT2D eigenvalue weighted by Gasteiger charge is 2.60. The number of ketones is 1. The smallest absolute Gasteiger partial charge is 0.308 e. The van der Waals surface area contributed by atoms with Gasteiger partial charge in [-0.15, -0.1) is 11.6 Å². The Morgan fingerprint density at radius 1 is 1.16 bits per heavy atom. The zero-order chi connectivity index (χ0) is 26.6. The molecule has 0 aromatic rings. The maximum atomic E-state index is 12.4. The lowest BCUT2D eigenvalue weighted by Crippen LogP contribution is -2.62. The van der Waals surface area contributed by atoms with Gasteiger partial charge in [0.1, 0.15) is 30.5 Å². The van der Waals surface area contributed by atoms with Crippen LogP contribution in [0.4, 0.5) is 0 Å². The van der Waals surface area contributed by atoms with E-state index in [1.807, 2.05) is 0 Å². The fraction of sp³-hybridized carbons (Fsp3) is 0.778. The molecule has 4 aliphatic rings. The SMILES string of the molecule is C=C(I)C[C@H](Cl)CCC(=O)/C=C/[C@H](O)[C@@H]1O[C@H]2CC[C@H](CC(=O)OC)O[C@@H]2[C@@H]2OC3(CCCCC3)O[C@@H]21. The Kier molecular flexibility index (Phi) is 10.5. The molecule has 0 bridgehead atoms. The topological polar surface area (TPSA) is 101 Å². The van der Waals surface area contributed by atoms with Gasteiger partial charge in [0.05, 0.1) is 25.7 Å². The monoisotopic (exact) mass is 652 g/mol. The summed E-state index contributed by atoms with van der Waals surface area (Å²) < 4.78 is 31.5. The van der Waals surface area contributed by atoms with E-state index >= 15 is 0 Å². The van der Waals surface area contributed by atoms with Crippen molar-refractivity contribution in [1.29, 1.82) is 0 Å². The van der Waals surface area contributed by atoms with Gasteiger partial charge in [0.15, 0.2) is 11.6 Å². The second-order valence-corrected chi connectivity index (χ2v) is 12.7. The Bertz CT molecular complexity index is 859. The van der Waals surface area contributed by atoms with E-state index in [-0.39, 0.29) is 35.8 Å². The third-order valence-corrected chi connectivity index (χ3v) is 8.51. The van der Waals surface area contributed by atoms with Crippen LogP contribution in [0.2, 0.25) is 0 Å². The van der Waals surface area contributed by atoms with E-state index in [1.54, 1.807) is 0 Å². The number of carbonyl (C=O) groups excluding carboxylic acids is 2. The third kappa shape index (κ3) is 7.55. The Hall–Kier alpha value is -0.560. The minimum Gasteiger partial charge on any atom is -0.469 e. The molecule has 3 heterocycles. The first-order chi connectivity index (χ1) is 17.7. The molecular formula is C27H38ClIO8. The number of halogens is 2. The van der Waals surface area contributed by atoms with E-state index in [0.717, 1.165) is 35.7 Å². The van der Waals surface area contributed by atoms with Crippen molar-refractivity contribution in [2.75, 3.05) is 7.11 Å². The van der Waals surface area contributed by atoms with Crippen LogP contribution in [0.25, 0.3) is 0 Å². The van der Waals surface area contributed by atoms with Crippen LogP contribution in [0.15, 0.2) is 22.3 Å². The van der Waals surface area contributed by atoms with Crippen molar-refractivity contribution in [2.45, 2.75) is 125 Å². The van der Waals surface area contributed by atoms with Gasteiger partial charge in [-0.05, 0) is 76.8 Å². The van der Waals surface area contributed by atoms with Crippen LogP contribution in [0, 0.1) is 0 Å². The number of allylic oxidation sites excluding steroid dienone is 2. The van der Waals surface area contributed by atoms with Crippen molar-refractivity contribution in [3.8, 4) is 0 Å². The van der Waals surface area contributed by atoms with Crippen LogP contribution >= 0.6 is 34.2 Å². The summed E-state index contributed by atoms with van der Waals surface area (Å²) in [4.78, 5) is 24.3. The lowest BCUT2D eigenvalue weighted by Gasteiger charge is -2.47. The number of ether oxygens (including phenoxy) is 5. The first-order valence-electron chi connectivity index (χ1n) is 13.3. The van der Waals surface area contributed by atoms with Gasteiger partial charge in [0.25, 0.3) is 0 Å². The van der Waals surface area contributed by atoms with E-state index in [0.29, 0.717) is 32.1 Å². The molecule has 0 unspecified atom stereocenters. The molecule has 4 fully saturated rings. The second-order valence-electron chi connectivity index (χ2n) is 10.5. The summed E-state index contributed by atoms with van der Waals surface area (Å²) >= 11 is 8.40. The van der Waals surface area contributed by atoms with E-state index in [1.165, 1.54) is 19.3 Å². The number of hydrogen-bond donors (Lipinski definition) is 1. The summed E-state index contributed by atoms with van der Waals surface area (Å²) in [7, 11) is 1.37. The molecular weight excluding hydrogens is 615 g/mol. The maximum absolute atomic E-state index is 12.4. The molecule has 3 aliphatic heterocycles. The first-order valence-corrected chi connectivity index (χ1v) is 14.8. The summed E-state index contributed by atoms with van der Waals surface area (Å²) in [5.74, 6) is -1.13. The summed E-state index contributed by atoms with van der Waals surface area (Å²) in [6.45, 7) is 3.85. The van der Waals surface area contributed by atoms with Gasteiger partial charge in [0.2, 0.25) is 0 Å². The number of rotatable bonds is 10. The summed E-state index contributed by atoms with van der Waals surface area (Å²) in [6.07, 6.45) is 6.87. The molecule has 3 saturated heterocycles. The average molecular weight is 653 g/mol. The fourth-order valence-corrected chi connectivity index (χ4v) is 6.92. The Balaban J connectivity index is 1.43. The summed E-state index contributed by atoms with van der Waals surface area (Å²) in [6, 6.07) is 0. The standard InChI is InChI=1S/C27H38ClIO8/c1-16(29)14-17(28)6-7-18(30)8-10-20(31)23-25-26(37-27(36-25)12-4-3-5-13-27)24-21(35-23)11-9-19(34-24)15-22(32)33-2/h8,10,17,19-21,23-26,31H,1,3-7,9,11-15H2,2H3/b10-8+/t17-,19-,20+,21+,23+,24+,25-,26+/m1/s1. The molecule has 8 nitrogen and oxygen atoms in total. The van der Waals surface area contributed by atoms with Crippen LogP contribution in [0.3, 0.4) is 0 Å². The Morgan fingerprint density at radius 2 is 1.89 bits per heavy atom. The number of hydrogen-bond acceptors (Lipinski definition) is 8. The average Bonchev–Trinajstić information content (AvgIpc) is 3.24. The number of alkyl halides is 1. The number of fused-ring (bicyclic) bond motifs is 3. The van der Waals surface area contributed by atoms with E-state index in [9.17, 15) is 14.7 Å². The van der Waals surface area contributed by atoms with E-state index < -0.39 is 36.3 Å². The highest BCUT2D eigenvalue weighted by Crippen LogP contribution is 2.48. The number of methoxy groups -OCH3 is 1. The summed E-state index contributed by atoms with van der Waals surface area (Å²) in [5, 5.41) is 11.0. The van der Waals surface area contributed by atoms with Gasteiger partial charge >= 0.3 is 5.97 Å². The molecule has 208 valence electrons. The molecule has 0 amide bonds. The van der Waals surface area contributed by atoms with Crippen LogP contribution in [0.1, 0.15) is 70.6 Å². The van der Waals surface area contributed by atoms with Crippen molar-refractivity contribution >= 4 is 45.9 Å². The number of carbonyl (C=O) groups is 2. The van der Waals surface area contributed by atoms with E-state index in [2.05, 4.69) is 29.2 Å². The first kappa shape index (κ1) is 29.4. The zero-order valence-electron chi connectivity index (χ0n) is 21.3. The Morgan fingerprint density at radius 3 is 2.59 bits per heavy atom. The van der Waals surface area contributed by atoms with Crippen molar-refractivity contribution in [3.63, 3.8) is 0 Å². The fourth-order valence-electron chi connectivity index (χ4n) is 5.83. The predicted molar refractivity (Wildman–Crippen MR) is 146 cm³/mol. The van der Waals surface area contributed by atoms with Crippen LogP contribution in [-0.4, -0.2) is 77.9 Å². The van der Waals surface area contributed by atoms with Crippen molar-refractivity contribution in [3.05, 3.63) is 22.3 Å². The van der Waals surface area contributed by atoms with Gasteiger partial charge in [-0.1, -0.05) is 13.0 Å². The van der Waals surface area contributed by atoms with Gasteiger partial charge in [-0.3, -0.25) is 9.59 Å². The molecule has 0 aromatic heterocycles. The predicted octanol–water partition coefficient (Wildman–Crippen LogP) is 4.52. The van der Waals surface area contributed by atoms with E-state index in [4.69, 9.17) is 35.3 Å². The molecule has 1 N–H and O–H groups in total. The lowest BCUT2D eigenvalue weighted by atomic mass is 9.87. The second kappa shape index (κ2) is 13.2. The molecule has 1 aliphatic carbocycles. The molecule has 1 spiro atoms. The Labute approximate surface area is 237 Å². The highest BCUT2D eigenvalue weighted by atomic mass is 127. The molecule has 1 saturated carbocycles. The third-order valence-electron chi connectivity index (χ3n) is 7.69. The van der Waals surface area contributed by atoms with Crippen molar-refractivity contribution in [2.24, 2.45) is 0 Å². The largest absolute Gasteiger partial charge is 0.469 e. The molecule has 37 heavy (non-hydrogen) atoms. The quantitative estimate of drug-likeness (QED) is 0.159. The van der Waals surface area contributed by atoms with Gasteiger partial charge in [0, 0.05) is 24.6 Å². The maximum Gasteiger partial charge on any atom is 0.308 e. The lowest BCUT2D eigenvalue weighted by molar-refractivity contribution is -0.250. The summed E-state index contributed by atoms with van der Waals surface area (Å²) in [5.41, 5.74) is 0. The van der Waals surface area contributed by atoms with Crippen LogP contribution in [-0.2, 0) is 33.3 Å². The van der Waals surface area contributed by atoms with Gasteiger partial charge in [-0.25, -0.2) is 0 Å². The van der Waals surface area contributed by atoms with Crippen molar-refractivity contribution < 1.29 is 38.4 Å². The minimum atomic E-state index is -1.05. The van der Waals surface area contributed by atoms with Gasteiger partial charge < -0.3 is 28.8 Å². The highest BCUT2D eigenvalue weighted by molar-refractivity contribution is 14.1. The van der Waals surface area contributed by atoms with Crippen molar-refractivity contribution in [1.82, 2.24) is 0 Å². The minimum absolute atomic E-state index is 0.104. The zero-order valence-corrected chi connectivity index (χ0v) is 24.2. The molecule has 0 aromatic carbocycles. The number of esters is 1.